The van der Waals surface area contributed by atoms with Crippen molar-refractivity contribution in [2.24, 2.45) is 5.10 Å². The number of ether oxygens (including phenoxy) is 2. The molecule has 0 radical (unpaired) electrons. The van der Waals surface area contributed by atoms with Crippen LogP contribution in [0.4, 0.5) is 0 Å². The molecule has 10 nitrogen and oxygen atoms in total. The number of aryl methyl sites for hydroxylation is 3. The zero-order valence-corrected chi connectivity index (χ0v) is 25.2. The van der Waals surface area contributed by atoms with Gasteiger partial charge in [-0.15, -0.1) is 0 Å². The predicted octanol–water partition coefficient (Wildman–Crippen LogP) is 6.29. The first kappa shape index (κ1) is 30.0. The molecule has 10 heteroatoms. The van der Waals surface area contributed by atoms with Gasteiger partial charge in [0, 0.05) is 39.7 Å². The Kier molecular flexibility index (Phi) is 8.71. The van der Waals surface area contributed by atoms with Crippen LogP contribution in [0.2, 0.25) is 0 Å². The summed E-state index contributed by atoms with van der Waals surface area (Å²) >= 11 is 0. The summed E-state index contributed by atoms with van der Waals surface area (Å²) in [7, 11) is 0. The highest BCUT2D eigenvalue weighted by atomic mass is 16.5. The topological polar surface area (TPSA) is 120 Å². The van der Waals surface area contributed by atoms with Crippen LogP contribution in [0.5, 0.6) is 11.5 Å². The Morgan fingerprint density at radius 2 is 1.48 bits per heavy atom. The maximum absolute atomic E-state index is 12.6. The molecule has 2 N–H and O–H groups in total. The third-order valence-electron chi connectivity index (χ3n) is 7.23. The maximum atomic E-state index is 12.6. The summed E-state index contributed by atoms with van der Waals surface area (Å²) < 4.78 is 21.1. The van der Waals surface area contributed by atoms with Crippen LogP contribution in [0.3, 0.4) is 0 Å². The first-order valence-corrected chi connectivity index (χ1v) is 14.1. The van der Waals surface area contributed by atoms with Gasteiger partial charge >= 0.3 is 11.9 Å². The minimum Gasteiger partial charge on any atom is -0.486 e. The molecule has 5 aromatic rings. The minimum absolute atomic E-state index is 0.125. The SMILES string of the molecule is Cc1ccc(C)n1-c1ccc(OCc2ccc(C(=O)N/N=C/c3cc(C)n(-c4ccc(O[C@H](C)C(=O)O)cc4)c3C)o2)cc1. The lowest BCUT2D eigenvalue weighted by atomic mass is 10.2. The Bertz CT molecular complexity index is 1790. The summed E-state index contributed by atoms with van der Waals surface area (Å²) in [5.41, 5.74) is 9.48. The Hall–Kier alpha value is -5.51. The number of hydrazone groups is 1. The lowest BCUT2D eigenvalue weighted by Gasteiger charge is -2.13. The number of carboxylic acid groups (broad SMARTS) is 1. The van der Waals surface area contributed by atoms with E-state index in [2.05, 4.69) is 41.1 Å². The smallest absolute Gasteiger partial charge is 0.344 e. The molecule has 226 valence electrons. The van der Waals surface area contributed by atoms with Crippen molar-refractivity contribution in [3.05, 3.63) is 119 Å². The van der Waals surface area contributed by atoms with E-state index in [1.807, 2.05) is 60.9 Å². The third kappa shape index (κ3) is 6.59. The summed E-state index contributed by atoms with van der Waals surface area (Å²) in [4.78, 5) is 23.7. The van der Waals surface area contributed by atoms with Crippen molar-refractivity contribution in [3.8, 4) is 22.9 Å². The van der Waals surface area contributed by atoms with E-state index in [9.17, 15) is 9.59 Å². The molecule has 0 saturated carbocycles. The van der Waals surface area contributed by atoms with Crippen LogP contribution in [0.25, 0.3) is 11.4 Å². The van der Waals surface area contributed by atoms with E-state index in [4.69, 9.17) is 19.0 Å². The second kappa shape index (κ2) is 12.8. The molecule has 0 unspecified atom stereocenters. The number of hydrogen-bond acceptors (Lipinski definition) is 6. The maximum Gasteiger partial charge on any atom is 0.344 e. The number of hydrogen-bond donors (Lipinski definition) is 2. The van der Waals surface area contributed by atoms with Crippen LogP contribution in [-0.4, -0.2) is 38.4 Å². The van der Waals surface area contributed by atoms with Crippen molar-refractivity contribution < 1.29 is 28.6 Å². The highest BCUT2D eigenvalue weighted by molar-refractivity contribution is 5.92. The molecule has 0 aliphatic carbocycles. The van der Waals surface area contributed by atoms with E-state index in [1.165, 1.54) is 6.92 Å². The van der Waals surface area contributed by atoms with Gasteiger partial charge in [-0.1, -0.05) is 0 Å². The van der Waals surface area contributed by atoms with Crippen molar-refractivity contribution >= 4 is 18.1 Å². The van der Waals surface area contributed by atoms with Gasteiger partial charge < -0.3 is 28.1 Å². The quantitative estimate of drug-likeness (QED) is 0.137. The van der Waals surface area contributed by atoms with Crippen LogP contribution in [0.1, 0.15) is 51.6 Å². The third-order valence-corrected chi connectivity index (χ3v) is 7.23. The monoisotopic (exact) mass is 594 g/mol. The van der Waals surface area contributed by atoms with Gasteiger partial charge in [-0.3, -0.25) is 4.79 Å². The van der Waals surface area contributed by atoms with E-state index < -0.39 is 18.0 Å². The Labute approximate surface area is 255 Å². The van der Waals surface area contributed by atoms with Gasteiger partial charge in [0.25, 0.3) is 0 Å². The predicted molar refractivity (Wildman–Crippen MR) is 166 cm³/mol. The summed E-state index contributed by atoms with van der Waals surface area (Å²) in [5, 5.41) is 13.2. The first-order chi connectivity index (χ1) is 21.1. The molecular formula is C34H34N4O6. The molecule has 0 bridgehead atoms. The number of rotatable bonds is 11. The van der Waals surface area contributed by atoms with Gasteiger partial charge in [-0.25, -0.2) is 10.2 Å². The normalized spacial score (nSPS) is 11.9. The molecule has 3 heterocycles. The van der Waals surface area contributed by atoms with Gasteiger partial charge in [-0.05, 0) is 113 Å². The van der Waals surface area contributed by atoms with E-state index in [-0.39, 0.29) is 12.4 Å². The summed E-state index contributed by atoms with van der Waals surface area (Å²) in [5.74, 6) is 0.292. The number of aliphatic carboxylic acids is 1. The first-order valence-electron chi connectivity index (χ1n) is 14.1. The number of aromatic nitrogens is 2. The van der Waals surface area contributed by atoms with Gasteiger partial charge in [0.15, 0.2) is 11.9 Å². The average molecular weight is 595 g/mol. The molecule has 0 aliphatic heterocycles. The molecule has 1 atom stereocenters. The summed E-state index contributed by atoms with van der Waals surface area (Å²) in [6.07, 6.45) is 0.638. The Balaban J connectivity index is 1.16. The molecule has 0 spiro atoms. The Morgan fingerprint density at radius 3 is 2.11 bits per heavy atom. The Morgan fingerprint density at radius 1 is 0.864 bits per heavy atom. The molecule has 5 rings (SSSR count). The van der Waals surface area contributed by atoms with Gasteiger partial charge in [-0.2, -0.15) is 5.10 Å². The van der Waals surface area contributed by atoms with Crippen molar-refractivity contribution in [3.63, 3.8) is 0 Å². The molecule has 1 amide bonds. The van der Waals surface area contributed by atoms with Crippen LogP contribution >= 0.6 is 0 Å². The fourth-order valence-corrected chi connectivity index (χ4v) is 4.96. The lowest BCUT2D eigenvalue weighted by Crippen LogP contribution is -2.22. The zero-order chi connectivity index (χ0) is 31.4. The second-order valence-corrected chi connectivity index (χ2v) is 10.5. The number of benzene rings is 2. The second-order valence-electron chi connectivity index (χ2n) is 10.5. The van der Waals surface area contributed by atoms with Gasteiger partial charge in [0.05, 0.1) is 6.21 Å². The molecule has 44 heavy (non-hydrogen) atoms. The highest BCUT2D eigenvalue weighted by Crippen LogP contribution is 2.23. The number of carbonyl (C=O) groups excluding carboxylic acids is 1. The fraction of sp³-hybridized carbons (Fsp3) is 0.206. The summed E-state index contributed by atoms with van der Waals surface area (Å²) in [6.45, 7) is 9.70. The van der Waals surface area contributed by atoms with E-state index in [1.54, 1.807) is 30.5 Å². The van der Waals surface area contributed by atoms with E-state index in [0.717, 1.165) is 39.7 Å². The minimum atomic E-state index is -1.03. The van der Waals surface area contributed by atoms with Crippen molar-refractivity contribution in [2.75, 3.05) is 0 Å². The van der Waals surface area contributed by atoms with Crippen LogP contribution < -0.4 is 14.9 Å². The molecule has 2 aromatic carbocycles. The van der Waals surface area contributed by atoms with E-state index in [0.29, 0.717) is 17.3 Å². The summed E-state index contributed by atoms with van der Waals surface area (Å²) in [6, 6.07) is 24.4. The highest BCUT2D eigenvalue weighted by Gasteiger charge is 2.15. The number of amides is 1. The molecule has 0 fully saturated rings. The number of nitrogens with one attached hydrogen (secondary N) is 1. The molecule has 3 aromatic heterocycles. The number of nitrogens with zero attached hydrogens (tertiary/aromatic N) is 3. The lowest BCUT2D eigenvalue weighted by molar-refractivity contribution is -0.144. The van der Waals surface area contributed by atoms with Crippen LogP contribution in [0, 0.1) is 27.7 Å². The van der Waals surface area contributed by atoms with Gasteiger partial charge in [0.2, 0.25) is 0 Å². The number of carbonyl (C=O) groups is 2. The van der Waals surface area contributed by atoms with Crippen molar-refractivity contribution in [2.45, 2.75) is 47.3 Å². The molecule has 0 aliphatic rings. The number of furan rings is 1. The zero-order valence-electron chi connectivity index (χ0n) is 25.2. The van der Waals surface area contributed by atoms with Crippen LogP contribution in [0.15, 0.2) is 88.4 Å². The number of carboxylic acids is 1. The van der Waals surface area contributed by atoms with Crippen molar-refractivity contribution in [1.82, 2.24) is 14.6 Å². The molecule has 0 saturated heterocycles. The van der Waals surface area contributed by atoms with Crippen LogP contribution in [-0.2, 0) is 11.4 Å². The van der Waals surface area contributed by atoms with Crippen molar-refractivity contribution in [1.29, 1.82) is 0 Å². The average Bonchev–Trinajstić information content (AvgIpc) is 3.69. The molecular weight excluding hydrogens is 560 g/mol. The standard InChI is InChI=1S/C34H34N4O6/c1-21-6-7-22(2)37(21)27-8-12-29(13-9-27)42-20-31-16-17-32(44-31)33(39)36-35-19-26-18-23(3)38(24(26)4)28-10-14-30(15-11-28)43-25(5)34(40)41/h6-19,25H,20H2,1-5H3,(H,36,39)(H,40,41)/b35-19+/t25-/m1/s1. The van der Waals surface area contributed by atoms with Gasteiger partial charge in [0.1, 0.15) is 23.9 Å². The van der Waals surface area contributed by atoms with E-state index >= 15 is 0 Å². The fourth-order valence-electron chi connectivity index (χ4n) is 4.96. The largest absolute Gasteiger partial charge is 0.486 e.